The van der Waals surface area contributed by atoms with Crippen LogP contribution < -0.4 is 4.74 Å². The van der Waals surface area contributed by atoms with Crippen LogP contribution in [-0.2, 0) is 6.42 Å². The molecule has 2 N–H and O–H groups in total. The zero-order valence-electron chi connectivity index (χ0n) is 8.38. The third kappa shape index (κ3) is 1.57. The number of nitrogens with one attached hydrogen (secondary N) is 1. The quantitative estimate of drug-likeness (QED) is 0.810. The molecule has 3 nitrogen and oxygen atoms in total. The summed E-state index contributed by atoms with van der Waals surface area (Å²) in [6.45, 7) is 0.00357. The van der Waals surface area contributed by atoms with E-state index in [9.17, 15) is 4.39 Å². The molecule has 1 aromatic heterocycles. The molecule has 1 aromatic carbocycles. The van der Waals surface area contributed by atoms with Crippen molar-refractivity contribution >= 4 is 10.9 Å². The van der Waals surface area contributed by atoms with Gasteiger partial charge in [-0.25, -0.2) is 4.39 Å². The summed E-state index contributed by atoms with van der Waals surface area (Å²) in [5, 5.41) is 9.35. The first kappa shape index (κ1) is 9.98. The average molecular weight is 209 g/mol. The fraction of sp³-hybridized carbons (Fsp3) is 0.273. The van der Waals surface area contributed by atoms with Gasteiger partial charge in [0.25, 0.3) is 0 Å². The molecule has 80 valence electrons. The lowest BCUT2D eigenvalue weighted by atomic mass is 10.1. The molecule has 0 bridgehead atoms. The summed E-state index contributed by atoms with van der Waals surface area (Å²) in [7, 11) is 1.43. The fourth-order valence-electron chi connectivity index (χ4n) is 1.70. The third-order valence-corrected chi connectivity index (χ3v) is 2.43. The van der Waals surface area contributed by atoms with Crippen molar-refractivity contribution < 1.29 is 14.2 Å². The van der Waals surface area contributed by atoms with Gasteiger partial charge in [-0.15, -0.1) is 0 Å². The zero-order valence-corrected chi connectivity index (χ0v) is 8.38. The fourth-order valence-corrected chi connectivity index (χ4v) is 1.70. The van der Waals surface area contributed by atoms with Crippen LogP contribution in [-0.4, -0.2) is 23.8 Å². The van der Waals surface area contributed by atoms with Gasteiger partial charge < -0.3 is 14.8 Å². The Morgan fingerprint density at radius 1 is 1.47 bits per heavy atom. The van der Waals surface area contributed by atoms with Crippen LogP contribution in [0.2, 0.25) is 0 Å². The Labute approximate surface area is 86.5 Å². The second-order valence-electron chi connectivity index (χ2n) is 3.29. The van der Waals surface area contributed by atoms with Gasteiger partial charge in [0.05, 0.1) is 7.11 Å². The number of rotatable bonds is 3. The van der Waals surface area contributed by atoms with Gasteiger partial charge >= 0.3 is 0 Å². The molecule has 2 aromatic rings. The van der Waals surface area contributed by atoms with E-state index in [-0.39, 0.29) is 18.2 Å². The highest BCUT2D eigenvalue weighted by Crippen LogP contribution is 2.28. The predicted molar refractivity (Wildman–Crippen MR) is 55.6 cm³/mol. The summed E-state index contributed by atoms with van der Waals surface area (Å²) in [6, 6.07) is 3.34. The number of halogens is 1. The first-order chi connectivity index (χ1) is 7.27. The zero-order chi connectivity index (χ0) is 10.8. The number of benzene rings is 1. The van der Waals surface area contributed by atoms with Gasteiger partial charge in [0.15, 0.2) is 11.6 Å². The molecule has 1 heterocycles. The molecule has 0 aliphatic heterocycles. The Bertz CT molecular complexity index is 479. The molecule has 0 saturated heterocycles. The first-order valence-corrected chi connectivity index (χ1v) is 4.71. The van der Waals surface area contributed by atoms with Crippen LogP contribution in [0.3, 0.4) is 0 Å². The van der Waals surface area contributed by atoms with Crippen LogP contribution in [0.25, 0.3) is 10.9 Å². The van der Waals surface area contributed by atoms with Crippen LogP contribution in [0.5, 0.6) is 5.75 Å². The molecular formula is C11H12FNO2. The molecule has 0 amide bonds. The monoisotopic (exact) mass is 209 g/mol. The van der Waals surface area contributed by atoms with Crippen LogP contribution in [0.15, 0.2) is 18.3 Å². The normalized spacial score (nSPS) is 10.9. The number of aliphatic hydroxyl groups is 1. The summed E-state index contributed by atoms with van der Waals surface area (Å²) in [6.07, 6.45) is 2.15. The first-order valence-electron chi connectivity index (χ1n) is 4.71. The predicted octanol–water partition coefficient (Wildman–Crippen LogP) is 1.85. The molecule has 0 spiro atoms. The van der Waals surface area contributed by atoms with E-state index in [0.717, 1.165) is 11.1 Å². The SMILES string of the molecule is COc1ccc2[nH]cc(CCO)c2c1F. The summed E-state index contributed by atoms with van der Waals surface area (Å²) in [4.78, 5) is 2.96. The van der Waals surface area contributed by atoms with Crippen molar-refractivity contribution in [2.24, 2.45) is 0 Å². The molecule has 2 rings (SSSR count). The van der Waals surface area contributed by atoms with Crippen molar-refractivity contribution in [3.05, 3.63) is 29.7 Å². The Morgan fingerprint density at radius 3 is 2.93 bits per heavy atom. The third-order valence-electron chi connectivity index (χ3n) is 2.43. The number of hydrogen-bond donors (Lipinski definition) is 2. The van der Waals surface area contributed by atoms with Crippen LogP contribution in [0.4, 0.5) is 4.39 Å². The van der Waals surface area contributed by atoms with E-state index in [1.54, 1.807) is 18.3 Å². The highest BCUT2D eigenvalue weighted by atomic mass is 19.1. The van der Waals surface area contributed by atoms with Gasteiger partial charge in [-0.2, -0.15) is 0 Å². The maximum absolute atomic E-state index is 13.9. The van der Waals surface area contributed by atoms with Crippen LogP contribution in [0.1, 0.15) is 5.56 Å². The molecular weight excluding hydrogens is 197 g/mol. The minimum absolute atomic E-state index is 0.00357. The van der Waals surface area contributed by atoms with Crippen molar-refractivity contribution in [1.82, 2.24) is 4.98 Å². The maximum atomic E-state index is 13.9. The number of hydrogen-bond acceptors (Lipinski definition) is 2. The number of aromatic nitrogens is 1. The Morgan fingerprint density at radius 2 is 2.27 bits per heavy atom. The van der Waals surface area contributed by atoms with Gasteiger partial charge in [0.2, 0.25) is 0 Å². The number of aromatic amines is 1. The molecule has 0 unspecified atom stereocenters. The summed E-state index contributed by atoms with van der Waals surface area (Å²) < 4.78 is 18.8. The smallest absolute Gasteiger partial charge is 0.174 e. The van der Waals surface area contributed by atoms with E-state index >= 15 is 0 Å². The van der Waals surface area contributed by atoms with Crippen molar-refractivity contribution in [3.63, 3.8) is 0 Å². The van der Waals surface area contributed by atoms with Crippen molar-refractivity contribution in [1.29, 1.82) is 0 Å². The lowest BCUT2D eigenvalue weighted by Gasteiger charge is -2.03. The number of methoxy groups -OCH3 is 1. The highest BCUT2D eigenvalue weighted by molar-refractivity contribution is 5.85. The van der Waals surface area contributed by atoms with Crippen LogP contribution >= 0.6 is 0 Å². The van der Waals surface area contributed by atoms with Crippen molar-refractivity contribution in [2.75, 3.05) is 13.7 Å². The van der Waals surface area contributed by atoms with Crippen molar-refractivity contribution in [3.8, 4) is 5.75 Å². The summed E-state index contributed by atoms with van der Waals surface area (Å²) in [5.41, 5.74) is 1.49. The molecule has 0 aliphatic rings. The van der Waals surface area contributed by atoms with Gasteiger partial charge in [-0.1, -0.05) is 0 Å². The largest absolute Gasteiger partial charge is 0.494 e. The molecule has 4 heteroatoms. The van der Waals surface area contributed by atoms with E-state index in [4.69, 9.17) is 9.84 Å². The lowest BCUT2D eigenvalue weighted by molar-refractivity contribution is 0.300. The van der Waals surface area contributed by atoms with Crippen LogP contribution in [0, 0.1) is 5.82 Å². The van der Waals surface area contributed by atoms with Gasteiger partial charge in [0, 0.05) is 23.7 Å². The maximum Gasteiger partial charge on any atom is 0.174 e. The molecule has 0 aliphatic carbocycles. The standard InChI is InChI=1S/C11H12FNO2/c1-15-9-3-2-8-10(11(9)12)7(4-5-14)6-13-8/h2-3,6,13-14H,4-5H2,1H3. The lowest BCUT2D eigenvalue weighted by Crippen LogP contribution is -1.92. The van der Waals surface area contributed by atoms with Crippen molar-refractivity contribution in [2.45, 2.75) is 6.42 Å². The molecule has 0 atom stereocenters. The van der Waals surface area contributed by atoms with E-state index in [0.29, 0.717) is 11.8 Å². The second kappa shape index (κ2) is 3.90. The number of ether oxygens (including phenoxy) is 1. The number of H-pyrrole nitrogens is 1. The number of fused-ring (bicyclic) bond motifs is 1. The number of aliphatic hydroxyl groups excluding tert-OH is 1. The van der Waals surface area contributed by atoms with Gasteiger partial charge in [0.1, 0.15) is 0 Å². The van der Waals surface area contributed by atoms with E-state index in [2.05, 4.69) is 4.98 Å². The summed E-state index contributed by atoms with van der Waals surface area (Å²) >= 11 is 0. The Kier molecular flexibility index (Phi) is 2.60. The molecule has 15 heavy (non-hydrogen) atoms. The second-order valence-corrected chi connectivity index (χ2v) is 3.29. The molecule has 0 radical (unpaired) electrons. The highest BCUT2D eigenvalue weighted by Gasteiger charge is 2.12. The molecule has 0 saturated carbocycles. The topological polar surface area (TPSA) is 45.2 Å². The van der Waals surface area contributed by atoms with E-state index in [1.807, 2.05) is 0 Å². The van der Waals surface area contributed by atoms with E-state index < -0.39 is 0 Å². The van der Waals surface area contributed by atoms with E-state index in [1.165, 1.54) is 7.11 Å². The summed E-state index contributed by atoms with van der Waals surface area (Å²) in [5.74, 6) is -0.152. The Balaban J connectivity index is 2.65. The average Bonchev–Trinajstić information content (AvgIpc) is 2.64. The minimum atomic E-state index is -0.375. The molecule has 0 fully saturated rings. The van der Waals surface area contributed by atoms with Gasteiger partial charge in [-0.05, 0) is 24.1 Å². The Hall–Kier alpha value is -1.55. The van der Waals surface area contributed by atoms with Gasteiger partial charge in [-0.3, -0.25) is 0 Å². The minimum Gasteiger partial charge on any atom is -0.494 e.